The van der Waals surface area contributed by atoms with Crippen molar-refractivity contribution < 1.29 is 9.53 Å². The molecule has 1 amide bonds. The summed E-state index contributed by atoms with van der Waals surface area (Å²) in [7, 11) is 1.72. The summed E-state index contributed by atoms with van der Waals surface area (Å²) in [5.41, 5.74) is 2.62. The van der Waals surface area contributed by atoms with E-state index in [0.717, 1.165) is 70.6 Å². The van der Waals surface area contributed by atoms with Crippen LogP contribution in [0, 0.1) is 11.8 Å². The molecular weight excluding hydrogens is 372 g/mol. The normalized spacial score (nSPS) is 20.8. The zero-order chi connectivity index (χ0) is 20.8. The Bertz CT molecular complexity index is 815. The van der Waals surface area contributed by atoms with Crippen molar-refractivity contribution in [2.75, 3.05) is 33.3 Å². The van der Waals surface area contributed by atoms with Gasteiger partial charge in [-0.1, -0.05) is 48.5 Å². The predicted octanol–water partition coefficient (Wildman–Crippen LogP) is 4.39. The summed E-state index contributed by atoms with van der Waals surface area (Å²) in [4.78, 5) is 17.8. The second kappa shape index (κ2) is 10.1. The largest absolute Gasteiger partial charge is 0.496 e. The minimum atomic E-state index is 0.138. The lowest BCUT2D eigenvalue weighted by atomic mass is 9.89. The molecule has 0 radical (unpaired) electrons. The van der Waals surface area contributed by atoms with Crippen molar-refractivity contribution in [3.05, 3.63) is 65.7 Å². The number of carbonyl (C=O) groups excluding carboxylic acids is 1. The first-order valence-electron chi connectivity index (χ1n) is 11.4. The van der Waals surface area contributed by atoms with Gasteiger partial charge >= 0.3 is 0 Å². The highest BCUT2D eigenvalue weighted by atomic mass is 16.5. The molecule has 0 N–H and O–H groups in total. The van der Waals surface area contributed by atoms with Gasteiger partial charge in [-0.05, 0) is 56.2 Å². The SMILES string of the molecule is COc1ccccc1CN1CCC[C@@H](C(=O)N2CCC(Cc3ccccc3)CC2)C1. The van der Waals surface area contributed by atoms with E-state index in [4.69, 9.17) is 4.74 Å². The third-order valence-corrected chi connectivity index (χ3v) is 6.73. The van der Waals surface area contributed by atoms with Gasteiger partial charge in [0, 0.05) is 31.7 Å². The average molecular weight is 407 g/mol. The first-order valence-corrected chi connectivity index (χ1v) is 11.4. The number of amides is 1. The van der Waals surface area contributed by atoms with Crippen LogP contribution >= 0.6 is 0 Å². The van der Waals surface area contributed by atoms with E-state index in [1.54, 1.807) is 7.11 Å². The summed E-state index contributed by atoms with van der Waals surface area (Å²) >= 11 is 0. The number of ether oxygens (including phenoxy) is 1. The lowest BCUT2D eigenvalue weighted by Crippen LogP contribution is -2.47. The van der Waals surface area contributed by atoms with Crippen molar-refractivity contribution in [2.24, 2.45) is 11.8 Å². The molecular formula is C26H34N2O2. The van der Waals surface area contributed by atoms with Crippen LogP contribution in [0.25, 0.3) is 0 Å². The quantitative estimate of drug-likeness (QED) is 0.713. The summed E-state index contributed by atoms with van der Waals surface area (Å²) < 4.78 is 5.51. The number of carbonyl (C=O) groups is 1. The third kappa shape index (κ3) is 5.23. The topological polar surface area (TPSA) is 32.8 Å². The van der Waals surface area contributed by atoms with Crippen LogP contribution in [0.3, 0.4) is 0 Å². The van der Waals surface area contributed by atoms with Crippen LogP contribution in [-0.4, -0.2) is 49.0 Å². The van der Waals surface area contributed by atoms with Crippen LogP contribution in [0.5, 0.6) is 5.75 Å². The summed E-state index contributed by atoms with van der Waals surface area (Å²) in [6.45, 7) is 4.60. The van der Waals surface area contributed by atoms with Crippen LogP contribution in [0.1, 0.15) is 36.8 Å². The predicted molar refractivity (Wildman–Crippen MR) is 120 cm³/mol. The van der Waals surface area contributed by atoms with Crippen LogP contribution in [0.4, 0.5) is 0 Å². The number of methoxy groups -OCH3 is 1. The Balaban J connectivity index is 1.28. The van der Waals surface area contributed by atoms with Crippen molar-refractivity contribution >= 4 is 5.91 Å². The molecule has 0 unspecified atom stereocenters. The monoisotopic (exact) mass is 406 g/mol. The highest BCUT2D eigenvalue weighted by Crippen LogP contribution is 2.27. The smallest absolute Gasteiger partial charge is 0.226 e. The maximum absolute atomic E-state index is 13.2. The number of hydrogen-bond donors (Lipinski definition) is 0. The van der Waals surface area contributed by atoms with Gasteiger partial charge in [0.1, 0.15) is 5.75 Å². The summed E-state index contributed by atoms with van der Waals surface area (Å²) in [6, 6.07) is 19.0. The summed E-state index contributed by atoms with van der Waals surface area (Å²) in [5, 5.41) is 0. The molecule has 160 valence electrons. The van der Waals surface area contributed by atoms with Crippen LogP contribution in [0.15, 0.2) is 54.6 Å². The molecule has 4 nitrogen and oxygen atoms in total. The number of piperidine rings is 2. The molecule has 0 spiro atoms. The number of benzene rings is 2. The van der Waals surface area contributed by atoms with Gasteiger partial charge in [0.05, 0.1) is 13.0 Å². The van der Waals surface area contributed by atoms with E-state index in [1.165, 1.54) is 11.1 Å². The fraction of sp³-hybridized carbons (Fsp3) is 0.500. The maximum Gasteiger partial charge on any atom is 0.226 e. The molecule has 0 aliphatic carbocycles. The van der Waals surface area contributed by atoms with Crippen molar-refractivity contribution in [2.45, 2.75) is 38.6 Å². The zero-order valence-electron chi connectivity index (χ0n) is 18.1. The molecule has 1 atom stereocenters. The van der Waals surface area contributed by atoms with Crippen LogP contribution in [0.2, 0.25) is 0 Å². The van der Waals surface area contributed by atoms with Crippen molar-refractivity contribution in [3.8, 4) is 5.75 Å². The van der Waals surface area contributed by atoms with Gasteiger partial charge in [-0.2, -0.15) is 0 Å². The Kier molecular flexibility index (Phi) is 7.06. The average Bonchev–Trinajstić information content (AvgIpc) is 2.80. The number of rotatable bonds is 6. The number of hydrogen-bond acceptors (Lipinski definition) is 3. The summed E-state index contributed by atoms with van der Waals surface area (Å²) in [5.74, 6) is 2.15. The third-order valence-electron chi connectivity index (χ3n) is 6.73. The Hall–Kier alpha value is -2.33. The molecule has 4 rings (SSSR count). The molecule has 2 aliphatic rings. The molecule has 0 aromatic heterocycles. The molecule has 2 aromatic carbocycles. The number of nitrogens with zero attached hydrogens (tertiary/aromatic N) is 2. The molecule has 0 bridgehead atoms. The standard InChI is InChI=1S/C26H34N2O2/c1-30-25-12-6-5-10-23(25)19-27-15-7-11-24(20-27)26(29)28-16-13-22(14-17-28)18-21-8-3-2-4-9-21/h2-6,8-10,12,22,24H,7,11,13-20H2,1H3/t24-/m1/s1. The fourth-order valence-corrected chi connectivity index (χ4v) is 5.04. The second-order valence-electron chi connectivity index (χ2n) is 8.84. The molecule has 2 heterocycles. The Morgan fingerprint density at radius 3 is 2.47 bits per heavy atom. The van der Waals surface area contributed by atoms with E-state index >= 15 is 0 Å². The Morgan fingerprint density at radius 1 is 0.967 bits per heavy atom. The molecule has 0 saturated carbocycles. The highest BCUT2D eigenvalue weighted by molar-refractivity contribution is 5.79. The van der Waals surface area contributed by atoms with E-state index in [9.17, 15) is 4.79 Å². The van der Waals surface area contributed by atoms with E-state index in [2.05, 4.69) is 52.3 Å². The first-order chi connectivity index (χ1) is 14.7. The minimum Gasteiger partial charge on any atom is -0.496 e. The Labute approximate surface area is 180 Å². The van der Waals surface area contributed by atoms with E-state index in [-0.39, 0.29) is 5.92 Å². The molecule has 2 aliphatic heterocycles. The first kappa shape index (κ1) is 20.9. The van der Waals surface area contributed by atoms with E-state index < -0.39 is 0 Å². The van der Waals surface area contributed by atoms with Crippen LogP contribution in [-0.2, 0) is 17.8 Å². The maximum atomic E-state index is 13.2. The van der Waals surface area contributed by atoms with Gasteiger partial charge in [-0.3, -0.25) is 9.69 Å². The summed E-state index contributed by atoms with van der Waals surface area (Å²) in [6.07, 6.45) is 5.50. The van der Waals surface area contributed by atoms with Gasteiger partial charge in [-0.15, -0.1) is 0 Å². The zero-order valence-corrected chi connectivity index (χ0v) is 18.1. The van der Waals surface area contributed by atoms with Crippen molar-refractivity contribution in [1.29, 1.82) is 0 Å². The van der Waals surface area contributed by atoms with Gasteiger partial charge in [-0.25, -0.2) is 0 Å². The minimum absolute atomic E-state index is 0.138. The lowest BCUT2D eigenvalue weighted by molar-refractivity contribution is -0.138. The number of para-hydroxylation sites is 1. The highest BCUT2D eigenvalue weighted by Gasteiger charge is 2.31. The van der Waals surface area contributed by atoms with E-state index in [0.29, 0.717) is 11.8 Å². The Morgan fingerprint density at radius 2 is 1.70 bits per heavy atom. The number of likely N-dealkylation sites (tertiary alicyclic amines) is 2. The molecule has 2 fully saturated rings. The molecule has 2 aromatic rings. The van der Waals surface area contributed by atoms with Gasteiger partial charge in [0.2, 0.25) is 5.91 Å². The lowest BCUT2D eigenvalue weighted by Gasteiger charge is -2.38. The fourth-order valence-electron chi connectivity index (χ4n) is 5.04. The molecule has 4 heteroatoms. The van der Waals surface area contributed by atoms with Crippen molar-refractivity contribution in [3.63, 3.8) is 0 Å². The molecule has 30 heavy (non-hydrogen) atoms. The second-order valence-corrected chi connectivity index (χ2v) is 8.84. The van der Waals surface area contributed by atoms with Crippen molar-refractivity contribution in [1.82, 2.24) is 9.80 Å². The van der Waals surface area contributed by atoms with Gasteiger partial charge < -0.3 is 9.64 Å². The van der Waals surface area contributed by atoms with Gasteiger partial charge in [0.15, 0.2) is 0 Å². The van der Waals surface area contributed by atoms with E-state index in [1.807, 2.05) is 12.1 Å². The van der Waals surface area contributed by atoms with Crippen LogP contribution < -0.4 is 4.74 Å². The molecule has 2 saturated heterocycles. The van der Waals surface area contributed by atoms with Gasteiger partial charge in [0.25, 0.3) is 0 Å².